The summed E-state index contributed by atoms with van der Waals surface area (Å²) in [6, 6.07) is 5.57. The molecule has 0 aliphatic rings. The van der Waals surface area contributed by atoms with Crippen LogP contribution in [0, 0.1) is 0 Å². The van der Waals surface area contributed by atoms with Gasteiger partial charge in [0.05, 0.1) is 4.90 Å². The maximum absolute atomic E-state index is 11.4. The van der Waals surface area contributed by atoms with Gasteiger partial charge in [-0.1, -0.05) is 20.8 Å². The van der Waals surface area contributed by atoms with Crippen LogP contribution in [-0.2, 0) is 14.8 Å². The molecule has 0 saturated carbocycles. The van der Waals surface area contributed by atoms with Crippen molar-refractivity contribution in [2.24, 2.45) is 0 Å². The molecule has 3 N–H and O–H groups in total. The molecule has 0 aliphatic heterocycles. The van der Waals surface area contributed by atoms with E-state index in [9.17, 15) is 13.2 Å². The number of carbonyl (C=O) groups is 1. The van der Waals surface area contributed by atoms with Crippen molar-refractivity contribution in [3.63, 3.8) is 0 Å². The van der Waals surface area contributed by atoms with Gasteiger partial charge in [0.1, 0.15) is 0 Å². The number of nitrogen functional groups attached to an aromatic ring is 1. The van der Waals surface area contributed by atoms with E-state index in [1.165, 1.54) is 43.9 Å². The second-order valence-electron chi connectivity index (χ2n) is 4.35. The highest BCUT2D eigenvalue weighted by molar-refractivity contribution is 7.90. The van der Waals surface area contributed by atoms with Crippen molar-refractivity contribution < 1.29 is 13.2 Å². The molecule has 0 unspecified atom stereocenters. The molecule has 1 rings (SSSR count). The summed E-state index contributed by atoms with van der Waals surface area (Å²) < 4.78 is 24.6. The Morgan fingerprint density at radius 2 is 1.52 bits per heavy atom. The third-order valence-electron chi connectivity index (χ3n) is 2.81. The highest BCUT2D eigenvalue weighted by atomic mass is 32.2. The Hall–Kier alpha value is -1.60. The maximum atomic E-state index is 11.4. The zero-order chi connectivity index (χ0) is 16.5. The fourth-order valence-corrected chi connectivity index (χ4v) is 2.56. The standard InChI is InChI=1S/C8H10N2O3S.C6H15N/c1-6(11)10-14(12,13)8-4-2-7(9)3-5-8;1-4-7(5-2)6-3/h2-5H,9H2,1H3,(H,10,11);4-6H2,1-3H3. The number of carbonyl (C=O) groups excluding carboxylic acids is 1. The molecule has 6 nitrogen and oxygen atoms in total. The molecule has 1 aromatic carbocycles. The van der Waals surface area contributed by atoms with Crippen molar-refractivity contribution in [2.75, 3.05) is 25.4 Å². The van der Waals surface area contributed by atoms with Crippen LogP contribution < -0.4 is 10.5 Å². The minimum absolute atomic E-state index is 0.0156. The van der Waals surface area contributed by atoms with Gasteiger partial charge >= 0.3 is 0 Å². The van der Waals surface area contributed by atoms with Crippen molar-refractivity contribution in [2.45, 2.75) is 32.6 Å². The topological polar surface area (TPSA) is 92.5 Å². The molecule has 120 valence electrons. The number of benzene rings is 1. The maximum Gasteiger partial charge on any atom is 0.264 e. The summed E-state index contributed by atoms with van der Waals surface area (Å²) in [5, 5.41) is 0. The van der Waals surface area contributed by atoms with E-state index in [2.05, 4.69) is 25.7 Å². The lowest BCUT2D eigenvalue weighted by molar-refractivity contribution is -0.117. The average molecular weight is 315 g/mol. The Morgan fingerprint density at radius 1 is 1.10 bits per heavy atom. The van der Waals surface area contributed by atoms with Crippen LogP contribution >= 0.6 is 0 Å². The van der Waals surface area contributed by atoms with Crippen LogP contribution in [0.2, 0.25) is 0 Å². The summed E-state index contributed by atoms with van der Waals surface area (Å²) in [4.78, 5) is 13.0. The molecule has 0 heterocycles. The highest BCUT2D eigenvalue weighted by Gasteiger charge is 2.14. The van der Waals surface area contributed by atoms with Crippen LogP contribution in [0.3, 0.4) is 0 Å². The van der Waals surface area contributed by atoms with Crippen molar-refractivity contribution in [1.29, 1.82) is 0 Å². The predicted molar refractivity (Wildman–Crippen MR) is 85.3 cm³/mol. The van der Waals surface area contributed by atoms with E-state index < -0.39 is 15.9 Å². The number of nitrogens with zero attached hydrogens (tertiary/aromatic N) is 1. The Balaban J connectivity index is 0.000000486. The van der Waals surface area contributed by atoms with Crippen LogP contribution in [-0.4, -0.2) is 38.9 Å². The summed E-state index contributed by atoms with van der Waals surface area (Å²) in [5.74, 6) is -0.623. The number of nitrogens with one attached hydrogen (secondary N) is 1. The van der Waals surface area contributed by atoms with Crippen LogP contribution in [0.25, 0.3) is 0 Å². The monoisotopic (exact) mass is 315 g/mol. The first-order chi connectivity index (χ1) is 9.76. The first-order valence-electron chi connectivity index (χ1n) is 6.88. The SMILES string of the molecule is CC(=O)NS(=O)(=O)c1ccc(N)cc1.CCN(CC)CC. The third kappa shape index (κ3) is 7.67. The van der Waals surface area contributed by atoms with Gasteiger partial charge in [-0.3, -0.25) is 4.79 Å². The third-order valence-corrected chi connectivity index (χ3v) is 4.26. The van der Waals surface area contributed by atoms with E-state index in [-0.39, 0.29) is 4.90 Å². The number of hydrogen-bond donors (Lipinski definition) is 2. The summed E-state index contributed by atoms with van der Waals surface area (Å²) in [5.41, 5.74) is 5.85. The van der Waals surface area contributed by atoms with Crippen LogP contribution in [0.5, 0.6) is 0 Å². The number of hydrogen-bond acceptors (Lipinski definition) is 5. The molecule has 7 heteroatoms. The fourth-order valence-electron chi connectivity index (χ4n) is 1.57. The summed E-state index contributed by atoms with van der Waals surface area (Å²) in [7, 11) is -3.73. The smallest absolute Gasteiger partial charge is 0.264 e. The van der Waals surface area contributed by atoms with Crippen molar-refractivity contribution >= 4 is 21.6 Å². The Bertz CT molecular complexity index is 517. The zero-order valence-corrected chi connectivity index (χ0v) is 13.9. The van der Waals surface area contributed by atoms with Gasteiger partial charge in [0, 0.05) is 12.6 Å². The van der Waals surface area contributed by atoms with Crippen LogP contribution in [0.4, 0.5) is 5.69 Å². The normalized spacial score (nSPS) is 10.7. The van der Waals surface area contributed by atoms with Gasteiger partial charge in [-0.05, 0) is 43.9 Å². The fraction of sp³-hybridized carbons (Fsp3) is 0.500. The number of rotatable bonds is 5. The quantitative estimate of drug-likeness (QED) is 0.802. The number of anilines is 1. The van der Waals surface area contributed by atoms with Crippen molar-refractivity contribution in [3.8, 4) is 0 Å². The molecule has 0 radical (unpaired) electrons. The number of nitrogens with two attached hydrogens (primary N) is 1. The summed E-state index contributed by atoms with van der Waals surface area (Å²) in [6.07, 6.45) is 0. The Morgan fingerprint density at radius 3 is 1.81 bits per heavy atom. The second kappa shape index (κ2) is 9.36. The molecule has 0 bridgehead atoms. The number of sulfonamides is 1. The van der Waals surface area contributed by atoms with Gasteiger partial charge in [-0.2, -0.15) is 0 Å². The lowest BCUT2D eigenvalue weighted by Gasteiger charge is -2.13. The van der Waals surface area contributed by atoms with Crippen molar-refractivity contribution in [1.82, 2.24) is 9.62 Å². The highest BCUT2D eigenvalue weighted by Crippen LogP contribution is 2.10. The molecular weight excluding hydrogens is 290 g/mol. The number of amides is 1. The first-order valence-corrected chi connectivity index (χ1v) is 8.36. The summed E-state index contributed by atoms with van der Waals surface area (Å²) >= 11 is 0. The molecule has 0 aromatic heterocycles. The van der Waals surface area contributed by atoms with Crippen molar-refractivity contribution in [3.05, 3.63) is 24.3 Å². The predicted octanol–water partition coefficient (Wildman–Crippen LogP) is 1.44. The van der Waals surface area contributed by atoms with E-state index >= 15 is 0 Å². The molecular formula is C14H25N3O3S. The largest absolute Gasteiger partial charge is 0.399 e. The van der Waals surface area contributed by atoms with E-state index in [0.717, 1.165) is 6.92 Å². The Labute approximate surface area is 127 Å². The van der Waals surface area contributed by atoms with E-state index in [1.54, 1.807) is 0 Å². The van der Waals surface area contributed by atoms with Crippen LogP contribution in [0.1, 0.15) is 27.7 Å². The minimum atomic E-state index is -3.73. The van der Waals surface area contributed by atoms with E-state index in [4.69, 9.17) is 5.73 Å². The van der Waals surface area contributed by atoms with Crippen LogP contribution in [0.15, 0.2) is 29.2 Å². The Kier molecular flexibility index (Phi) is 8.64. The van der Waals surface area contributed by atoms with Gasteiger partial charge < -0.3 is 10.6 Å². The van der Waals surface area contributed by atoms with E-state index in [1.807, 2.05) is 4.72 Å². The molecule has 21 heavy (non-hydrogen) atoms. The lowest BCUT2D eigenvalue weighted by Crippen LogP contribution is -2.28. The second-order valence-corrected chi connectivity index (χ2v) is 6.03. The molecule has 0 aliphatic carbocycles. The first kappa shape index (κ1) is 19.4. The van der Waals surface area contributed by atoms with Gasteiger partial charge in [0.25, 0.3) is 10.0 Å². The van der Waals surface area contributed by atoms with Gasteiger partial charge in [-0.25, -0.2) is 13.1 Å². The summed E-state index contributed by atoms with van der Waals surface area (Å²) in [6.45, 7) is 11.3. The molecule has 0 spiro atoms. The molecule has 0 atom stereocenters. The van der Waals surface area contributed by atoms with E-state index in [0.29, 0.717) is 5.69 Å². The van der Waals surface area contributed by atoms with Gasteiger partial charge in [-0.15, -0.1) is 0 Å². The molecule has 1 aromatic rings. The minimum Gasteiger partial charge on any atom is -0.399 e. The zero-order valence-electron chi connectivity index (χ0n) is 13.1. The lowest BCUT2D eigenvalue weighted by atomic mass is 10.3. The molecule has 0 fully saturated rings. The molecule has 0 saturated heterocycles. The average Bonchev–Trinajstić information content (AvgIpc) is 2.40. The van der Waals surface area contributed by atoms with Gasteiger partial charge in [0.15, 0.2) is 0 Å². The van der Waals surface area contributed by atoms with Gasteiger partial charge in [0.2, 0.25) is 5.91 Å². The molecule has 1 amide bonds.